The van der Waals surface area contributed by atoms with E-state index >= 15 is 0 Å². The van der Waals surface area contributed by atoms with Crippen LogP contribution in [-0.4, -0.2) is 23.9 Å². The van der Waals surface area contributed by atoms with Gasteiger partial charge in [0.2, 0.25) is 5.91 Å². The highest BCUT2D eigenvalue weighted by Gasteiger charge is 2.29. The van der Waals surface area contributed by atoms with Gasteiger partial charge in [0.25, 0.3) is 0 Å². The van der Waals surface area contributed by atoms with Crippen molar-refractivity contribution >= 4 is 17.2 Å². The molecular weight excluding hydrogens is 352 g/mol. The predicted molar refractivity (Wildman–Crippen MR) is 111 cm³/mol. The van der Waals surface area contributed by atoms with Crippen LogP contribution in [0.15, 0.2) is 78.2 Å². The lowest BCUT2D eigenvalue weighted by Gasteiger charge is -2.25. The van der Waals surface area contributed by atoms with Crippen LogP contribution < -0.4 is 5.32 Å². The Morgan fingerprint density at radius 3 is 2.26 bits per heavy atom. The number of nitrogens with zero attached hydrogens (tertiary/aromatic N) is 1. The summed E-state index contributed by atoms with van der Waals surface area (Å²) in [5.41, 5.74) is 2.21. The van der Waals surface area contributed by atoms with Crippen LogP contribution in [0.25, 0.3) is 0 Å². The summed E-state index contributed by atoms with van der Waals surface area (Å²) in [7, 11) is 0. The van der Waals surface area contributed by atoms with Gasteiger partial charge < -0.3 is 5.32 Å². The van der Waals surface area contributed by atoms with E-state index in [1.807, 2.05) is 36.4 Å². The van der Waals surface area contributed by atoms with Crippen LogP contribution in [0.2, 0.25) is 0 Å². The summed E-state index contributed by atoms with van der Waals surface area (Å²) in [4.78, 5) is 16.6. The Bertz CT molecular complexity index is 809. The zero-order valence-electron chi connectivity index (χ0n) is 15.3. The maximum atomic E-state index is 12.9. The minimum absolute atomic E-state index is 0.0798. The third-order valence-corrected chi connectivity index (χ3v) is 6.13. The minimum Gasteiger partial charge on any atom is -0.344 e. The Kier molecular flexibility index (Phi) is 5.66. The second kappa shape index (κ2) is 8.51. The highest BCUT2D eigenvalue weighted by molar-refractivity contribution is 7.10. The quantitative estimate of drug-likeness (QED) is 0.671. The number of benzene rings is 2. The summed E-state index contributed by atoms with van der Waals surface area (Å²) in [6, 6.07) is 24.9. The van der Waals surface area contributed by atoms with Gasteiger partial charge in [0.15, 0.2) is 0 Å². The first-order valence-corrected chi connectivity index (χ1v) is 10.4. The SMILES string of the molecule is O=C(CN1CCC[C@H]1c1cccs1)NC(c1ccccc1)c1ccccc1. The number of hydrogen-bond acceptors (Lipinski definition) is 3. The number of likely N-dealkylation sites (tertiary alicyclic amines) is 1. The molecule has 4 heteroatoms. The van der Waals surface area contributed by atoms with Crippen molar-refractivity contribution in [2.24, 2.45) is 0 Å². The first-order valence-electron chi connectivity index (χ1n) is 9.48. The lowest BCUT2D eigenvalue weighted by molar-refractivity contribution is -0.123. The molecule has 1 saturated heterocycles. The summed E-state index contributed by atoms with van der Waals surface area (Å²) >= 11 is 1.79. The molecule has 2 heterocycles. The molecule has 0 spiro atoms. The normalized spacial score (nSPS) is 17.3. The molecule has 1 fully saturated rings. The maximum absolute atomic E-state index is 12.9. The van der Waals surface area contributed by atoms with Gasteiger partial charge >= 0.3 is 0 Å². The van der Waals surface area contributed by atoms with Crippen LogP contribution in [-0.2, 0) is 4.79 Å². The number of carbonyl (C=O) groups is 1. The highest BCUT2D eigenvalue weighted by atomic mass is 32.1. The monoisotopic (exact) mass is 376 g/mol. The van der Waals surface area contributed by atoms with Crippen molar-refractivity contribution < 1.29 is 4.79 Å². The molecule has 1 aliphatic heterocycles. The summed E-state index contributed by atoms with van der Waals surface area (Å²) in [6.45, 7) is 1.43. The molecule has 1 amide bonds. The molecular formula is C23H24N2OS. The number of rotatable bonds is 6. The van der Waals surface area contributed by atoms with E-state index in [0.717, 1.165) is 30.5 Å². The molecule has 4 rings (SSSR count). The van der Waals surface area contributed by atoms with E-state index in [4.69, 9.17) is 0 Å². The van der Waals surface area contributed by atoms with Crippen LogP contribution in [0.1, 0.15) is 40.9 Å². The second-order valence-corrected chi connectivity index (χ2v) is 7.95. The molecule has 27 heavy (non-hydrogen) atoms. The van der Waals surface area contributed by atoms with E-state index in [0.29, 0.717) is 12.6 Å². The zero-order chi connectivity index (χ0) is 18.5. The smallest absolute Gasteiger partial charge is 0.234 e. The molecule has 3 nitrogen and oxygen atoms in total. The van der Waals surface area contributed by atoms with E-state index in [-0.39, 0.29) is 11.9 Å². The Balaban J connectivity index is 1.49. The fraction of sp³-hybridized carbons (Fsp3) is 0.261. The number of thiophene rings is 1. The summed E-state index contributed by atoms with van der Waals surface area (Å²) < 4.78 is 0. The lowest BCUT2D eigenvalue weighted by Crippen LogP contribution is -2.38. The van der Waals surface area contributed by atoms with Gasteiger partial charge in [0, 0.05) is 10.9 Å². The molecule has 138 valence electrons. The van der Waals surface area contributed by atoms with Crippen LogP contribution in [0, 0.1) is 0 Å². The van der Waals surface area contributed by atoms with E-state index in [1.54, 1.807) is 11.3 Å². The van der Waals surface area contributed by atoms with Gasteiger partial charge in [0.05, 0.1) is 12.6 Å². The number of amides is 1. The van der Waals surface area contributed by atoms with Crippen LogP contribution in [0.3, 0.4) is 0 Å². The Morgan fingerprint density at radius 1 is 1.00 bits per heavy atom. The molecule has 0 radical (unpaired) electrons. The van der Waals surface area contributed by atoms with E-state index in [1.165, 1.54) is 4.88 Å². The molecule has 1 aliphatic rings. The largest absolute Gasteiger partial charge is 0.344 e. The summed E-state index contributed by atoms with van der Waals surface area (Å²) in [5.74, 6) is 0.0798. The Labute approximate surface area is 164 Å². The highest BCUT2D eigenvalue weighted by Crippen LogP contribution is 2.34. The average molecular weight is 377 g/mol. The van der Waals surface area contributed by atoms with Crippen molar-refractivity contribution in [3.8, 4) is 0 Å². The molecule has 1 aromatic heterocycles. The standard InChI is InChI=1S/C23H24N2OS/c26-22(17-25-15-7-13-20(25)21-14-8-16-27-21)24-23(18-9-3-1-4-10-18)19-11-5-2-6-12-19/h1-6,8-12,14,16,20,23H,7,13,15,17H2,(H,24,26)/t20-/m0/s1. The van der Waals surface area contributed by atoms with E-state index in [9.17, 15) is 4.79 Å². The average Bonchev–Trinajstić information content (AvgIpc) is 3.39. The molecule has 0 saturated carbocycles. The van der Waals surface area contributed by atoms with Crippen molar-refractivity contribution in [1.82, 2.24) is 10.2 Å². The third kappa shape index (κ3) is 4.29. The van der Waals surface area contributed by atoms with Gasteiger partial charge in [-0.2, -0.15) is 0 Å². The van der Waals surface area contributed by atoms with Crippen LogP contribution >= 0.6 is 11.3 Å². The molecule has 3 aromatic rings. The number of carbonyl (C=O) groups excluding carboxylic acids is 1. The zero-order valence-corrected chi connectivity index (χ0v) is 16.1. The van der Waals surface area contributed by atoms with E-state index < -0.39 is 0 Å². The third-order valence-electron chi connectivity index (χ3n) is 5.15. The van der Waals surface area contributed by atoms with Crippen molar-refractivity contribution in [3.63, 3.8) is 0 Å². The van der Waals surface area contributed by atoms with Crippen molar-refractivity contribution in [1.29, 1.82) is 0 Å². The van der Waals surface area contributed by atoms with Gasteiger partial charge in [-0.15, -0.1) is 11.3 Å². The van der Waals surface area contributed by atoms with Gasteiger partial charge in [-0.05, 0) is 42.0 Å². The van der Waals surface area contributed by atoms with Crippen molar-refractivity contribution in [2.75, 3.05) is 13.1 Å². The van der Waals surface area contributed by atoms with Gasteiger partial charge in [-0.25, -0.2) is 0 Å². The molecule has 2 aromatic carbocycles. The summed E-state index contributed by atoms with van der Waals surface area (Å²) in [6.07, 6.45) is 2.28. The second-order valence-electron chi connectivity index (χ2n) is 6.97. The summed E-state index contributed by atoms with van der Waals surface area (Å²) in [5, 5.41) is 5.38. The molecule has 1 N–H and O–H groups in total. The van der Waals surface area contributed by atoms with Crippen LogP contribution in [0.4, 0.5) is 0 Å². The fourth-order valence-electron chi connectivity index (χ4n) is 3.86. The topological polar surface area (TPSA) is 32.3 Å². The first-order chi connectivity index (χ1) is 13.3. The van der Waals surface area contributed by atoms with Crippen LogP contribution in [0.5, 0.6) is 0 Å². The molecule has 0 aliphatic carbocycles. The van der Waals surface area contributed by atoms with Crippen molar-refractivity contribution in [2.45, 2.75) is 24.9 Å². The van der Waals surface area contributed by atoms with E-state index in [2.05, 4.69) is 52.0 Å². The van der Waals surface area contributed by atoms with Gasteiger partial charge in [-0.1, -0.05) is 66.7 Å². The van der Waals surface area contributed by atoms with Gasteiger partial charge in [-0.3, -0.25) is 9.69 Å². The molecule has 1 atom stereocenters. The van der Waals surface area contributed by atoms with Gasteiger partial charge in [0.1, 0.15) is 0 Å². The molecule has 0 bridgehead atoms. The minimum atomic E-state index is -0.123. The molecule has 0 unspecified atom stereocenters. The lowest BCUT2D eigenvalue weighted by atomic mass is 9.98. The Hall–Kier alpha value is -2.43. The maximum Gasteiger partial charge on any atom is 0.234 e. The first kappa shape index (κ1) is 18.0. The van der Waals surface area contributed by atoms with Crippen molar-refractivity contribution in [3.05, 3.63) is 94.2 Å². The fourth-order valence-corrected chi connectivity index (χ4v) is 4.76. The predicted octanol–water partition coefficient (Wildman–Crippen LogP) is 4.79. The number of hydrogen-bond donors (Lipinski definition) is 1. The number of nitrogens with one attached hydrogen (secondary N) is 1. The Morgan fingerprint density at radius 2 is 1.67 bits per heavy atom.